The van der Waals surface area contributed by atoms with Crippen LogP contribution >= 0.6 is 21.6 Å². The third kappa shape index (κ3) is 30.3. The van der Waals surface area contributed by atoms with Crippen LogP contribution in [0.1, 0.15) is 111 Å². The Labute approximate surface area is 440 Å². The van der Waals surface area contributed by atoms with Crippen molar-refractivity contribution >= 4 is 104 Å². The highest BCUT2D eigenvalue weighted by Gasteiger charge is 2.35. The summed E-state index contributed by atoms with van der Waals surface area (Å²) in [6.45, 7) is 7.21. The van der Waals surface area contributed by atoms with Crippen molar-refractivity contribution in [2.24, 2.45) is 23.3 Å². The Morgan fingerprint density at radius 3 is 1.35 bits per heavy atom. The van der Waals surface area contributed by atoms with Crippen molar-refractivity contribution in [2.75, 3.05) is 24.6 Å². The van der Waals surface area contributed by atoms with Gasteiger partial charge in [-0.1, -0.05) is 86.4 Å². The minimum atomic E-state index is -1.89. The van der Waals surface area contributed by atoms with E-state index in [1.807, 2.05) is 0 Å². The second-order valence-electron chi connectivity index (χ2n) is 16.5. The van der Waals surface area contributed by atoms with E-state index >= 15 is 0 Å². The topological polar surface area (TPSA) is 452 Å². The normalized spacial score (nSPS) is 23.5. The fourth-order valence-electron chi connectivity index (χ4n) is 6.00. The van der Waals surface area contributed by atoms with Crippen LogP contribution in [0.15, 0.2) is 0 Å². The fourth-order valence-corrected chi connectivity index (χ4v) is 8.35. The lowest BCUT2D eigenvalue weighted by Gasteiger charge is -2.27. The number of rotatable bonds is 12. The molecule has 0 spiro atoms. The van der Waals surface area contributed by atoms with E-state index in [9.17, 15) is 77.3 Å². The van der Waals surface area contributed by atoms with Crippen molar-refractivity contribution in [2.45, 2.75) is 159 Å². The minimum Gasteiger partial charge on any atom is -0.481 e. The Morgan fingerprint density at radius 1 is 0.541 bits per heavy atom. The predicted molar refractivity (Wildman–Crippen MR) is 278 cm³/mol. The number of hydrogen-bond acceptors (Lipinski definition) is 16. The van der Waals surface area contributed by atoms with Crippen molar-refractivity contribution in [3.05, 3.63) is 0 Å². The molecule has 0 aliphatic carbocycles. The molecule has 1 heterocycles. The van der Waals surface area contributed by atoms with E-state index in [-0.39, 0.29) is 73.3 Å². The van der Waals surface area contributed by atoms with Gasteiger partial charge in [0.05, 0.1) is 32.4 Å². The molecule has 1 fully saturated rings. The van der Waals surface area contributed by atoms with Gasteiger partial charge in [-0.2, -0.15) is 0 Å². The van der Waals surface area contributed by atoms with Gasteiger partial charge in [0, 0.05) is 18.4 Å². The molecule has 8 unspecified atom stereocenters. The molecule has 8 atom stereocenters. The highest BCUT2D eigenvalue weighted by Crippen LogP contribution is 2.23. The summed E-state index contributed by atoms with van der Waals surface area (Å²) in [6.07, 6.45) is -3.10. The number of nitrogens with one attached hydrogen (secondary N) is 10. The maximum atomic E-state index is 13.7. The van der Waals surface area contributed by atoms with Crippen molar-refractivity contribution in [1.29, 1.82) is 0 Å². The molecular weight excluding hydrogens is 1020 g/mol. The molecule has 426 valence electrons. The number of carboxylic acid groups (broad SMARTS) is 2. The first-order valence-corrected chi connectivity index (χ1v) is 23.8. The maximum absolute atomic E-state index is 13.7. The molecule has 0 radical (unpaired) electrons. The number of hydrogen-bond donors (Lipinski definition) is 14. The summed E-state index contributed by atoms with van der Waals surface area (Å²) in [4.78, 5) is 179. The molecular formula is C44H82N12O16S2. The second kappa shape index (κ2) is 37.9. The van der Waals surface area contributed by atoms with E-state index in [1.54, 1.807) is 27.7 Å². The Morgan fingerprint density at radius 2 is 0.919 bits per heavy atom. The van der Waals surface area contributed by atoms with Gasteiger partial charge in [0.25, 0.3) is 0 Å². The first kappa shape index (κ1) is 76.2. The van der Waals surface area contributed by atoms with Gasteiger partial charge in [0.2, 0.25) is 70.9 Å². The number of carboxylic acids is 2. The van der Waals surface area contributed by atoms with Crippen LogP contribution in [0, 0.1) is 11.8 Å². The van der Waals surface area contributed by atoms with Crippen LogP contribution in [0.2, 0.25) is 0 Å². The van der Waals surface area contributed by atoms with Gasteiger partial charge < -0.3 is 74.8 Å². The number of aliphatic carboxylic acids is 2. The zero-order valence-corrected chi connectivity index (χ0v) is 40.4. The monoisotopic (exact) mass is 1100 g/mol. The van der Waals surface area contributed by atoms with Gasteiger partial charge in [-0.05, 0) is 31.6 Å². The van der Waals surface area contributed by atoms with Gasteiger partial charge >= 0.3 is 11.9 Å². The van der Waals surface area contributed by atoms with E-state index < -0.39 is 164 Å². The summed E-state index contributed by atoms with van der Waals surface area (Å²) >= 11 is 0. The van der Waals surface area contributed by atoms with Crippen LogP contribution in [-0.4, -0.2) is 166 Å². The number of nitrogens with two attached hydrogens (primary N) is 2. The average Bonchev–Trinajstić information content (AvgIpc) is 3.22. The zero-order valence-electron chi connectivity index (χ0n) is 38.7. The second-order valence-corrected chi connectivity index (χ2v) is 19.1. The van der Waals surface area contributed by atoms with Crippen molar-refractivity contribution < 1.29 is 77.3 Å². The molecule has 74 heavy (non-hydrogen) atoms. The van der Waals surface area contributed by atoms with E-state index in [0.29, 0.717) is 0 Å². The third-order valence-electron chi connectivity index (χ3n) is 9.28. The highest BCUT2D eigenvalue weighted by atomic mass is 33.1. The highest BCUT2D eigenvalue weighted by molar-refractivity contribution is 8.76. The molecule has 1 aliphatic rings. The summed E-state index contributed by atoms with van der Waals surface area (Å²) in [5, 5.41) is 41.9. The van der Waals surface area contributed by atoms with Gasteiger partial charge in [0.1, 0.15) is 48.3 Å². The number of carbonyl (C=O) groups is 14. The van der Waals surface area contributed by atoms with Gasteiger partial charge in [-0.15, -0.1) is 0 Å². The first-order valence-electron chi connectivity index (χ1n) is 21.3. The van der Waals surface area contributed by atoms with E-state index in [1.165, 1.54) is 0 Å². The average molecular weight is 1100 g/mol. The summed E-state index contributed by atoms with van der Waals surface area (Å²) in [5.74, 6) is -16.6. The molecule has 30 heteroatoms. The van der Waals surface area contributed by atoms with E-state index in [4.69, 9.17) is 11.5 Å². The van der Waals surface area contributed by atoms with Crippen LogP contribution in [0.4, 0.5) is 0 Å². The smallest absolute Gasteiger partial charge is 0.305 e. The molecule has 0 aromatic rings. The molecule has 0 aromatic carbocycles. The predicted octanol–water partition coefficient (Wildman–Crippen LogP) is -2.89. The van der Waals surface area contributed by atoms with Crippen LogP contribution in [-0.2, 0) is 67.1 Å². The van der Waals surface area contributed by atoms with Crippen LogP contribution in [0.25, 0.3) is 0 Å². The van der Waals surface area contributed by atoms with E-state index in [0.717, 1.165) is 35.4 Å². The summed E-state index contributed by atoms with van der Waals surface area (Å²) in [6, 6.07) is -12.7. The molecule has 0 aromatic heterocycles. The van der Waals surface area contributed by atoms with Gasteiger partial charge in [-0.3, -0.25) is 67.1 Å². The molecule has 0 saturated carbocycles. The lowest BCUT2D eigenvalue weighted by molar-refractivity contribution is -0.142. The molecule has 16 N–H and O–H groups in total. The SMILES string of the molecule is C.C.C.C.C.CC(=O)NC1CSSCC(C(N)=O)NC(=O)CNC(=O)C(CC(=O)O)NC(=O)C(C)NC(=O)C(CC(C)C)NC(=O)C(CC(=O)O)NC(=O)C(CC(C)C)NC(=O)C(CC(N)=O)NC(=O)CNC1=O. The number of primary amides is 2. The third-order valence-corrected chi connectivity index (χ3v) is 11.7. The first-order chi connectivity index (χ1) is 32.1. The molecule has 0 bridgehead atoms. The molecule has 1 rings (SSSR count). The molecule has 28 nitrogen and oxygen atoms in total. The van der Waals surface area contributed by atoms with Crippen molar-refractivity contribution in [3.8, 4) is 0 Å². The van der Waals surface area contributed by atoms with Crippen LogP contribution in [0.3, 0.4) is 0 Å². The Hall–Kier alpha value is -6.72. The van der Waals surface area contributed by atoms with E-state index in [2.05, 4.69) is 53.2 Å². The molecule has 1 saturated heterocycles. The quantitative estimate of drug-likeness (QED) is 0.0873. The molecule has 1 aliphatic heterocycles. The zero-order chi connectivity index (χ0) is 52.7. The lowest BCUT2D eigenvalue weighted by Crippen LogP contribution is -2.60. The lowest BCUT2D eigenvalue weighted by atomic mass is 10.0. The Bertz CT molecular complexity index is 1960. The molecule has 12 amide bonds. The van der Waals surface area contributed by atoms with Crippen LogP contribution in [0.5, 0.6) is 0 Å². The largest absolute Gasteiger partial charge is 0.481 e. The van der Waals surface area contributed by atoms with Gasteiger partial charge in [0.15, 0.2) is 0 Å². The summed E-state index contributed by atoms with van der Waals surface area (Å²) in [7, 11) is 1.84. The number of carbonyl (C=O) groups excluding carboxylic acids is 12. The maximum Gasteiger partial charge on any atom is 0.305 e. The van der Waals surface area contributed by atoms with Crippen molar-refractivity contribution in [1.82, 2.24) is 53.2 Å². The summed E-state index contributed by atoms with van der Waals surface area (Å²) in [5.41, 5.74) is 10.8. The standard InChI is InChI=1S/C39H62N12O16S2.5CH4/c1-16(2)7-20-36(64)44-18(5)33(61)48-23(10-30(56)57)34(62)42-13-29(55)47-25(32(41)60)14-68-69-15-26(45-19(6)52)35(63)43-12-28(54)46-22(9-27(40)53)38(66)50-21(8-17(3)4)37(65)51-24(11-31(58)59)39(67)49-20;;;;;/h16-18,20-26H,7-15H2,1-6H3,(H2,40,53)(H2,41,60)(H,42,62)(H,43,63)(H,44,64)(H,45,52)(H,46,54)(H,47,55)(H,48,61)(H,49,67)(H,50,66)(H,51,65)(H,56,57)(H,58,59);5*1H4. The fraction of sp³-hybridized carbons (Fsp3) is 0.682. The summed E-state index contributed by atoms with van der Waals surface area (Å²) < 4.78 is 0. The van der Waals surface area contributed by atoms with Crippen LogP contribution < -0.4 is 64.6 Å². The minimum absolute atomic E-state index is 0. The van der Waals surface area contributed by atoms with Crippen molar-refractivity contribution in [3.63, 3.8) is 0 Å². The Kier molecular flexibility index (Phi) is 39.1. The Balaban J connectivity index is -0.00000317. The number of amides is 12. The van der Waals surface area contributed by atoms with Gasteiger partial charge in [-0.25, -0.2) is 0 Å².